The fourth-order valence-corrected chi connectivity index (χ4v) is 2.26. The molecule has 1 unspecified atom stereocenters. The molecule has 1 aromatic heterocycles. The first-order valence-electron chi connectivity index (χ1n) is 6.77. The largest absolute Gasteiger partial charge is 0.462 e. The quantitative estimate of drug-likeness (QED) is 0.828. The SMILES string of the molecule is CCOC(=O)c1ccc2nc(C3CNCCO3)[nH]c2c1. The van der Waals surface area contributed by atoms with Crippen LogP contribution in [0.25, 0.3) is 11.0 Å². The molecule has 106 valence electrons. The Morgan fingerprint density at radius 1 is 1.55 bits per heavy atom. The molecular weight excluding hydrogens is 258 g/mol. The summed E-state index contributed by atoms with van der Waals surface area (Å²) in [4.78, 5) is 19.4. The maximum Gasteiger partial charge on any atom is 0.338 e. The highest BCUT2D eigenvalue weighted by molar-refractivity contribution is 5.93. The van der Waals surface area contributed by atoms with E-state index in [1.54, 1.807) is 19.1 Å². The van der Waals surface area contributed by atoms with Gasteiger partial charge >= 0.3 is 5.97 Å². The first-order valence-corrected chi connectivity index (χ1v) is 6.77. The zero-order chi connectivity index (χ0) is 13.9. The summed E-state index contributed by atoms with van der Waals surface area (Å²) in [6.45, 7) is 4.44. The van der Waals surface area contributed by atoms with Crippen molar-refractivity contribution in [3.8, 4) is 0 Å². The Morgan fingerprint density at radius 2 is 2.45 bits per heavy atom. The van der Waals surface area contributed by atoms with E-state index >= 15 is 0 Å². The monoisotopic (exact) mass is 275 g/mol. The molecule has 2 aromatic rings. The molecule has 1 aliphatic rings. The number of ether oxygens (including phenoxy) is 2. The average Bonchev–Trinajstić information content (AvgIpc) is 2.91. The van der Waals surface area contributed by atoms with Crippen molar-refractivity contribution in [2.24, 2.45) is 0 Å². The second kappa shape index (κ2) is 5.60. The highest BCUT2D eigenvalue weighted by Gasteiger charge is 2.19. The highest BCUT2D eigenvalue weighted by Crippen LogP contribution is 2.21. The molecule has 1 atom stereocenters. The van der Waals surface area contributed by atoms with Gasteiger partial charge in [0, 0.05) is 13.1 Å². The summed E-state index contributed by atoms with van der Waals surface area (Å²) < 4.78 is 10.7. The molecule has 0 saturated carbocycles. The van der Waals surface area contributed by atoms with Gasteiger partial charge < -0.3 is 19.8 Å². The number of hydrogen-bond acceptors (Lipinski definition) is 5. The van der Waals surface area contributed by atoms with Crippen LogP contribution in [-0.2, 0) is 9.47 Å². The van der Waals surface area contributed by atoms with Crippen LogP contribution in [0.15, 0.2) is 18.2 Å². The first kappa shape index (κ1) is 13.1. The lowest BCUT2D eigenvalue weighted by Gasteiger charge is -2.21. The standard InChI is InChI=1S/C14H17N3O3/c1-2-19-14(18)9-3-4-10-11(7-9)17-13(16-10)12-8-15-5-6-20-12/h3-4,7,12,15H,2,5-6,8H2,1H3,(H,16,17). The minimum Gasteiger partial charge on any atom is -0.462 e. The van der Waals surface area contributed by atoms with Crippen LogP contribution in [0.3, 0.4) is 0 Å². The number of H-pyrrole nitrogens is 1. The first-order chi connectivity index (χ1) is 9.78. The molecular formula is C14H17N3O3. The van der Waals surface area contributed by atoms with Crippen molar-refractivity contribution in [1.82, 2.24) is 15.3 Å². The summed E-state index contributed by atoms with van der Waals surface area (Å²) in [6, 6.07) is 5.31. The lowest BCUT2D eigenvalue weighted by atomic mass is 10.2. The Bertz CT molecular complexity index is 617. The van der Waals surface area contributed by atoms with Crippen molar-refractivity contribution in [2.75, 3.05) is 26.3 Å². The maximum atomic E-state index is 11.7. The lowest BCUT2D eigenvalue weighted by Crippen LogP contribution is -2.33. The Labute approximate surface area is 116 Å². The van der Waals surface area contributed by atoms with Crippen molar-refractivity contribution in [2.45, 2.75) is 13.0 Å². The third-order valence-electron chi connectivity index (χ3n) is 3.24. The highest BCUT2D eigenvalue weighted by atomic mass is 16.5. The van der Waals surface area contributed by atoms with Gasteiger partial charge in [-0.3, -0.25) is 0 Å². The smallest absolute Gasteiger partial charge is 0.338 e. The van der Waals surface area contributed by atoms with Crippen molar-refractivity contribution in [3.63, 3.8) is 0 Å². The van der Waals surface area contributed by atoms with E-state index in [4.69, 9.17) is 9.47 Å². The van der Waals surface area contributed by atoms with E-state index in [0.29, 0.717) is 18.8 Å². The number of carbonyl (C=O) groups is 1. The second-order valence-corrected chi connectivity index (χ2v) is 4.64. The van der Waals surface area contributed by atoms with Crippen molar-refractivity contribution < 1.29 is 14.3 Å². The normalized spacial score (nSPS) is 19.1. The van der Waals surface area contributed by atoms with Gasteiger partial charge in [0.25, 0.3) is 0 Å². The molecule has 6 heteroatoms. The predicted molar refractivity (Wildman–Crippen MR) is 73.6 cm³/mol. The molecule has 2 heterocycles. The number of hydrogen-bond donors (Lipinski definition) is 2. The van der Waals surface area contributed by atoms with E-state index < -0.39 is 0 Å². The van der Waals surface area contributed by atoms with Gasteiger partial charge in [0.15, 0.2) is 0 Å². The Hall–Kier alpha value is -1.92. The number of aromatic nitrogens is 2. The molecule has 6 nitrogen and oxygen atoms in total. The Kier molecular flexibility index (Phi) is 3.66. The minimum atomic E-state index is -0.318. The topological polar surface area (TPSA) is 76.2 Å². The van der Waals surface area contributed by atoms with Gasteiger partial charge in [-0.15, -0.1) is 0 Å². The van der Waals surface area contributed by atoms with Crippen LogP contribution in [-0.4, -0.2) is 42.2 Å². The van der Waals surface area contributed by atoms with E-state index in [2.05, 4.69) is 15.3 Å². The van der Waals surface area contributed by atoms with Crippen molar-refractivity contribution in [1.29, 1.82) is 0 Å². The van der Waals surface area contributed by atoms with Crippen LogP contribution >= 0.6 is 0 Å². The maximum absolute atomic E-state index is 11.7. The summed E-state index contributed by atoms with van der Waals surface area (Å²) in [5, 5.41) is 3.26. The molecule has 0 aliphatic carbocycles. The molecule has 20 heavy (non-hydrogen) atoms. The van der Waals surface area contributed by atoms with Crippen LogP contribution in [0.1, 0.15) is 29.2 Å². The second-order valence-electron chi connectivity index (χ2n) is 4.64. The van der Waals surface area contributed by atoms with E-state index in [1.165, 1.54) is 0 Å². The van der Waals surface area contributed by atoms with Gasteiger partial charge in [-0.2, -0.15) is 0 Å². The van der Waals surface area contributed by atoms with Gasteiger partial charge in [-0.25, -0.2) is 9.78 Å². The lowest BCUT2D eigenvalue weighted by molar-refractivity contribution is 0.0228. The van der Waals surface area contributed by atoms with Crippen LogP contribution in [0.5, 0.6) is 0 Å². The zero-order valence-electron chi connectivity index (χ0n) is 11.3. The molecule has 3 rings (SSSR count). The van der Waals surface area contributed by atoms with Crippen LogP contribution in [0.2, 0.25) is 0 Å². The molecule has 1 aromatic carbocycles. The fourth-order valence-electron chi connectivity index (χ4n) is 2.26. The molecule has 1 saturated heterocycles. The fraction of sp³-hybridized carbons (Fsp3) is 0.429. The number of benzene rings is 1. The van der Waals surface area contributed by atoms with Crippen LogP contribution < -0.4 is 5.32 Å². The van der Waals surface area contributed by atoms with Gasteiger partial charge in [-0.1, -0.05) is 0 Å². The molecule has 2 N–H and O–H groups in total. The summed E-state index contributed by atoms with van der Waals surface area (Å²) in [5.41, 5.74) is 2.17. The Morgan fingerprint density at radius 3 is 3.20 bits per heavy atom. The molecule has 1 aliphatic heterocycles. The number of nitrogens with zero attached hydrogens (tertiary/aromatic N) is 1. The van der Waals surface area contributed by atoms with Gasteiger partial charge in [-0.05, 0) is 25.1 Å². The van der Waals surface area contributed by atoms with Crippen molar-refractivity contribution in [3.05, 3.63) is 29.6 Å². The third-order valence-corrected chi connectivity index (χ3v) is 3.24. The Balaban J connectivity index is 1.88. The number of imidazole rings is 1. The summed E-state index contributed by atoms with van der Waals surface area (Å²) in [6.07, 6.45) is -0.0674. The van der Waals surface area contributed by atoms with Gasteiger partial charge in [0.1, 0.15) is 11.9 Å². The van der Waals surface area contributed by atoms with E-state index in [0.717, 1.165) is 29.9 Å². The van der Waals surface area contributed by atoms with E-state index in [1.807, 2.05) is 6.07 Å². The van der Waals surface area contributed by atoms with Crippen molar-refractivity contribution >= 4 is 17.0 Å². The van der Waals surface area contributed by atoms with Gasteiger partial charge in [0.05, 0.1) is 29.8 Å². The van der Waals surface area contributed by atoms with Gasteiger partial charge in [0.2, 0.25) is 0 Å². The zero-order valence-corrected chi connectivity index (χ0v) is 11.3. The summed E-state index contributed by atoms with van der Waals surface area (Å²) in [7, 11) is 0. The minimum absolute atomic E-state index is 0.0674. The number of esters is 1. The number of fused-ring (bicyclic) bond motifs is 1. The van der Waals surface area contributed by atoms with E-state index in [-0.39, 0.29) is 12.1 Å². The number of aromatic amines is 1. The summed E-state index contributed by atoms with van der Waals surface area (Å²) in [5.74, 6) is 0.467. The predicted octanol–water partition coefficient (Wildman–Crippen LogP) is 1.40. The van der Waals surface area contributed by atoms with E-state index in [9.17, 15) is 4.79 Å². The molecule has 1 fully saturated rings. The molecule has 0 spiro atoms. The number of rotatable bonds is 3. The number of morpholine rings is 1. The molecule has 0 bridgehead atoms. The average molecular weight is 275 g/mol. The molecule has 0 radical (unpaired) electrons. The summed E-state index contributed by atoms with van der Waals surface area (Å²) >= 11 is 0. The molecule has 0 amide bonds. The van der Waals surface area contributed by atoms with Crippen LogP contribution in [0, 0.1) is 0 Å². The van der Waals surface area contributed by atoms with Crippen LogP contribution in [0.4, 0.5) is 0 Å². The number of nitrogens with one attached hydrogen (secondary N) is 2. The third kappa shape index (κ3) is 2.52. The number of carbonyl (C=O) groups excluding carboxylic acids is 1.